The molecule has 4 heteroatoms. The van der Waals surface area contributed by atoms with Gasteiger partial charge in [0.2, 0.25) is 0 Å². The van der Waals surface area contributed by atoms with Gasteiger partial charge in [0.15, 0.2) is 0 Å². The smallest absolute Gasteiger partial charge is 0.119 e. The predicted octanol–water partition coefficient (Wildman–Crippen LogP) is 5.54. The second-order valence-corrected chi connectivity index (χ2v) is 7.01. The minimum Gasteiger partial charge on any atom is -0.497 e. The monoisotopic (exact) mass is 351 g/mol. The fourth-order valence-corrected chi connectivity index (χ4v) is 3.57. The quantitative estimate of drug-likeness (QED) is 0.634. The number of fused-ring (bicyclic) bond motifs is 1. The Balaban J connectivity index is 2.19. The number of anilines is 1. The first-order chi connectivity index (χ1) is 12.5. The minimum atomic E-state index is 0.474. The van der Waals surface area contributed by atoms with E-state index < -0.39 is 0 Å². The van der Waals surface area contributed by atoms with Crippen molar-refractivity contribution in [1.82, 2.24) is 9.61 Å². The van der Waals surface area contributed by atoms with E-state index in [4.69, 9.17) is 9.84 Å². The predicted molar refractivity (Wildman–Crippen MR) is 109 cm³/mol. The molecule has 0 bridgehead atoms. The number of nitrogens with zero attached hydrogens (tertiary/aromatic N) is 2. The summed E-state index contributed by atoms with van der Waals surface area (Å²) in [7, 11) is 1.70. The lowest BCUT2D eigenvalue weighted by molar-refractivity contribution is 0.414. The summed E-state index contributed by atoms with van der Waals surface area (Å²) in [6, 6.07) is 11.1. The average Bonchev–Trinajstić information content (AvgIpc) is 2.95. The summed E-state index contributed by atoms with van der Waals surface area (Å²) in [6.07, 6.45) is 2.21. The first-order valence-corrected chi connectivity index (χ1v) is 9.40. The van der Waals surface area contributed by atoms with Crippen molar-refractivity contribution < 1.29 is 4.74 Å². The number of rotatable bonds is 6. The molecule has 0 aliphatic rings. The van der Waals surface area contributed by atoms with E-state index in [0.717, 1.165) is 41.2 Å². The topological polar surface area (TPSA) is 38.6 Å². The molecule has 0 amide bonds. The summed E-state index contributed by atoms with van der Waals surface area (Å²) in [5.74, 6) is 0.880. The SMILES string of the molecule is CCC(CC)Nc1cc(C)nn2c(-c3ccc(OC)cc3C)c(C)cc12. The Morgan fingerprint density at radius 2 is 1.77 bits per heavy atom. The Hall–Kier alpha value is -2.49. The van der Waals surface area contributed by atoms with Crippen LogP contribution in [0.25, 0.3) is 16.8 Å². The second kappa shape index (κ2) is 7.40. The third-order valence-electron chi connectivity index (χ3n) is 5.09. The Bertz CT molecular complexity index is 923. The Morgan fingerprint density at radius 1 is 1.04 bits per heavy atom. The molecule has 0 saturated carbocycles. The zero-order valence-electron chi connectivity index (χ0n) is 16.7. The molecule has 0 unspecified atom stereocenters. The molecule has 0 saturated heterocycles. The lowest BCUT2D eigenvalue weighted by atomic mass is 10.0. The number of benzene rings is 1. The molecule has 0 aliphatic heterocycles. The molecule has 1 aromatic carbocycles. The standard InChI is InChI=1S/C22H29N3O/c1-7-17(8-2)23-20-13-16(5)24-25-21(20)12-15(4)22(25)19-10-9-18(26-6)11-14(19)3/h9-13,17,23H,7-8H2,1-6H3. The molecule has 1 N–H and O–H groups in total. The van der Waals surface area contributed by atoms with E-state index >= 15 is 0 Å². The third-order valence-corrected chi connectivity index (χ3v) is 5.09. The van der Waals surface area contributed by atoms with Crippen molar-refractivity contribution in [3.63, 3.8) is 0 Å². The van der Waals surface area contributed by atoms with Gasteiger partial charge in [0.1, 0.15) is 5.75 Å². The van der Waals surface area contributed by atoms with Gasteiger partial charge in [-0.2, -0.15) is 5.10 Å². The fourth-order valence-electron chi connectivity index (χ4n) is 3.57. The van der Waals surface area contributed by atoms with Crippen molar-refractivity contribution in [2.45, 2.75) is 53.5 Å². The molecule has 2 aromatic heterocycles. The first-order valence-electron chi connectivity index (χ1n) is 9.40. The zero-order valence-corrected chi connectivity index (χ0v) is 16.7. The molecule has 2 heterocycles. The van der Waals surface area contributed by atoms with Gasteiger partial charge in [0.05, 0.1) is 29.7 Å². The Kier molecular flexibility index (Phi) is 5.21. The van der Waals surface area contributed by atoms with Gasteiger partial charge in [0.25, 0.3) is 0 Å². The van der Waals surface area contributed by atoms with Crippen LogP contribution in [-0.2, 0) is 0 Å². The van der Waals surface area contributed by atoms with E-state index in [9.17, 15) is 0 Å². The molecule has 0 radical (unpaired) electrons. The van der Waals surface area contributed by atoms with Crippen LogP contribution >= 0.6 is 0 Å². The molecule has 4 nitrogen and oxygen atoms in total. The number of nitrogens with one attached hydrogen (secondary N) is 1. The largest absolute Gasteiger partial charge is 0.497 e. The normalized spacial score (nSPS) is 11.3. The summed E-state index contributed by atoms with van der Waals surface area (Å²) in [5.41, 5.74) is 8.05. The van der Waals surface area contributed by atoms with Crippen LogP contribution in [-0.4, -0.2) is 22.8 Å². The van der Waals surface area contributed by atoms with Gasteiger partial charge in [0, 0.05) is 11.6 Å². The maximum atomic E-state index is 5.36. The molecule has 138 valence electrons. The van der Waals surface area contributed by atoms with Gasteiger partial charge in [-0.05, 0) is 75.1 Å². The molecule has 0 atom stereocenters. The highest BCUT2D eigenvalue weighted by atomic mass is 16.5. The van der Waals surface area contributed by atoms with Gasteiger partial charge < -0.3 is 10.1 Å². The highest BCUT2D eigenvalue weighted by Crippen LogP contribution is 2.33. The van der Waals surface area contributed by atoms with Crippen LogP contribution in [0.4, 0.5) is 5.69 Å². The summed E-state index contributed by atoms with van der Waals surface area (Å²) >= 11 is 0. The molecular formula is C22H29N3O. The number of methoxy groups -OCH3 is 1. The molecule has 26 heavy (non-hydrogen) atoms. The molecule has 0 spiro atoms. The van der Waals surface area contributed by atoms with E-state index in [1.165, 1.54) is 16.7 Å². The number of hydrogen-bond acceptors (Lipinski definition) is 3. The van der Waals surface area contributed by atoms with Crippen molar-refractivity contribution in [1.29, 1.82) is 0 Å². The van der Waals surface area contributed by atoms with Crippen LogP contribution in [0.2, 0.25) is 0 Å². The van der Waals surface area contributed by atoms with Gasteiger partial charge in [-0.15, -0.1) is 0 Å². The maximum absolute atomic E-state index is 5.36. The van der Waals surface area contributed by atoms with Crippen molar-refractivity contribution in [3.8, 4) is 17.0 Å². The molecular weight excluding hydrogens is 322 g/mol. The second-order valence-electron chi connectivity index (χ2n) is 7.01. The molecule has 0 fully saturated rings. The number of aromatic nitrogens is 2. The van der Waals surface area contributed by atoms with E-state index in [0.29, 0.717) is 6.04 Å². The number of hydrogen-bond donors (Lipinski definition) is 1. The Labute approximate surface area is 156 Å². The Morgan fingerprint density at radius 3 is 2.38 bits per heavy atom. The van der Waals surface area contributed by atoms with Crippen LogP contribution in [0.3, 0.4) is 0 Å². The van der Waals surface area contributed by atoms with Crippen LogP contribution in [0.1, 0.15) is 43.5 Å². The summed E-state index contributed by atoms with van der Waals surface area (Å²) in [4.78, 5) is 0. The van der Waals surface area contributed by atoms with Gasteiger partial charge >= 0.3 is 0 Å². The van der Waals surface area contributed by atoms with Crippen LogP contribution < -0.4 is 10.1 Å². The zero-order chi connectivity index (χ0) is 18.8. The third kappa shape index (κ3) is 3.28. The molecule has 3 aromatic rings. The van der Waals surface area contributed by atoms with Crippen LogP contribution in [0.15, 0.2) is 30.3 Å². The van der Waals surface area contributed by atoms with Crippen molar-refractivity contribution in [3.05, 3.63) is 47.2 Å². The molecule has 0 aliphatic carbocycles. The van der Waals surface area contributed by atoms with Crippen molar-refractivity contribution >= 4 is 11.2 Å². The van der Waals surface area contributed by atoms with E-state index in [1.807, 2.05) is 6.07 Å². The summed E-state index contributed by atoms with van der Waals surface area (Å²) in [6.45, 7) is 10.8. The maximum Gasteiger partial charge on any atom is 0.119 e. The number of aryl methyl sites for hydroxylation is 3. The van der Waals surface area contributed by atoms with Crippen molar-refractivity contribution in [2.75, 3.05) is 12.4 Å². The van der Waals surface area contributed by atoms with Gasteiger partial charge in [-0.1, -0.05) is 13.8 Å². The van der Waals surface area contributed by atoms with Crippen molar-refractivity contribution in [2.24, 2.45) is 0 Å². The molecule has 3 rings (SSSR count). The van der Waals surface area contributed by atoms with Crippen LogP contribution in [0, 0.1) is 20.8 Å². The fraction of sp³-hybridized carbons (Fsp3) is 0.409. The van der Waals surface area contributed by atoms with Gasteiger partial charge in [-0.3, -0.25) is 0 Å². The van der Waals surface area contributed by atoms with E-state index in [-0.39, 0.29) is 0 Å². The van der Waals surface area contributed by atoms with E-state index in [1.54, 1.807) is 7.11 Å². The highest BCUT2D eigenvalue weighted by molar-refractivity contribution is 5.81. The van der Waals surface area contributed by atoms with Gasteiger partial charge in [-0.25, -0.2) is 4.52 Å². The highest BCUT2D eigenvalue weighted by Gasteiger charge is 2.17. The summed E-state index contributed by atoms with van der Waals surface area (Å²) < 4.78 is 7.45. The first kappa shape index (κ1) is 18.3. The average molecular weight is 351 g/mol. The van der Waals surface area contributed by atoms with Crippen LogP contribution in [0.5, 0.6) is 5.75 Å². The lowest BCUT2D eigenvalue weighted by Gasteiger charge is -2.18. The lowest BCUT2D eigenvalue weighted by Crippen LogP contribution is -2.18. The summed E-state index contributed by atoms with van der Waals surface area (Å²) in [5, 5.41) is 8.53. The minimum absolute atomic E-state index is 0.474. The van der Waals surface area contributed by atoms with E-state index in [2.05, 4.69) is 68.7 Å². The number of ether oxygens (including phenoxy) is 1.